The second-order valence-electron chi connectivity index (χ2n) is 3.72. The van der Waals surface area contributed by atoms with E-state index in [2.05, 4.69) is 17.6 Å². The van der Waals surface area contributed by atoms with Crippen molar-refractivity contribution in [3.05, 3.63) is 51.6 Å². The van der Waals surface area contributed by atoms with Crippen LogP contribution in [0.5, 0.6) is 0 Å². The summed E-state index contributed by atoms with van der Waals surface area (Å²) < 4.78 is 0. The van der Waals surface area contributed by atoms with Crippen molar-refractivity contribution in [1.29, 1.82) is 0 Å². The van der Waals surface area contributed by atoms with Gasteiger partial charge in [-0.05, 0) is 36.8 Å². The third-order valence-corrected chi connectivity index (χ3v) is 3.46. The fourth-order valence-electron chi connectivity index (χ4n) is 1.60. The molecule has 0 spiro atoms. The molecule has 0 fully saturated rings. The van der Waals surface area contributed by atoms with Crippen LogP contribution in [0.4, 0.5) is 0 Å². The maximum absolute atomic E-state index is 6.15. The molecule has 1 nitrogen and oxygen atoms in total. The minimum Gasteiger partial charge on any atom is -0.253 e. The lowest BCUT2D eigenvalue weighted by Gasteiger charge is -2.07. The number of hydrogen-bond acceptors (Lipinski definition) is 2. The predicted octanol–water partition coefficient (Wildman–Crippen LogP) is 4.79. The maximum atomic E-state index is 6.15. The number of thiol groups is 1. The Labute approximate surface area is 116 Å². The van der Waals surface area contributed by atoms with Crippen molar-refractivity contribution in [2.45, 2.75) is 12.7 Å². The van der Waals surface area contributed by atoms with Crippen molar-refractivity contribution in [3.8, 4) is 11.3 Å². The highest BCUT2D eigenvalue weighted by Gasteiger charge is 2.07. The van der Waals surface area contributed by atoms with Crippen LogP contribution >= 0.6 is 35.8 Å². The summed E-state index contributed by atoms with van der Waals surface area (Å²) >= 11 is 16.3. The van der Waals surface area contributed by atoms with Gasteiger partial charge < -0.3 is 0 Å². The monoisotopic (exact) mass is 283 g/mol. The summed E-state index contributed by atoms with van der Waals surface area (Å²) in [5, 5.41) is 1.24. The fraction of sp³-hybridized carbons (Fsp3) is 0.154. The lowest BCUT2D eigenvalue weighted by Crippen LogP contribution is -1.92. The molecule has 0 saturated heterocycles. The van der Waals surface area contributed by atoms with E-state index in [0.29, 0.717) is 15.8 Å². The molecule has 1 heterocycles. The molecule has 1 aromatic heterocycles. The highest BCUT2D eigenvalue weighted by atomic mass is 35.5. The Morgan fingerprint density at radius 2 is 1.94 bits per heavy atom. The molecule has 2 rings (SSSR count). The minimum atomic E-state index is 0.614. The quantitative estimate of drug-likeness (QED) is 0.782. The molecular weight excluding hydrogens is 273 g/mol. The molecule has 0 radical (unpaired) electrons. The molecule has 0 saturated carbocycles. The molecule has 0 aliphatic carbocycles. The smallest absolute Gasteiger partial charge is 0.0720 e. The first-order valence-electron chi connectivity index (χ1n) is 5.14. The number of halogens is 2. The Bertz CT molecular complexity index is 555. The summed E-state index contributed by atoms with van der Waals surface area (Å²) in [5.74, 6) is 0.688. The molecular formula is C13H11Cl2NS. The molecule has 4 heteroatoms. The van der Waals surface area contributed by atoms with Gasteiger partial charge in [-0.25, -0.2) is 0 Å². The van der Waals surface area contributed by atoms with E-state index in [1.165, 1.54) is 0 Å². The van der Waals surface area contributed by atoms with Crippen LogP contribution in [0.25, 0.3) is 11.3 Å². The highest BCUT2D eigenvalue weighted by Crippen LogP contribution is 2.29. The van der Waals surface area contributed by atoms with E-state index < -0.39 is 0 Å². The SMILES string of the molecule is Cc1nc(-c2ccc(Cl)cc2Cl)ccc1CS. The molecule has 0 unspecified atom stereocenters. The maximum Gasteiger partial charge on any atom is 0.0720 e. The summed E-state index contributed by atoms with van der Waals surface area (Å²) in [7, 11) is 0. The van der Waals surface area contributed by atoms with Crippen LogP contribution in [0.2, 0.25) is 10.0 Å². The van der Waals surface area contributed by atoms with Gasteiger partial charge in [0.2, 0.25) is 0 Å². The Morgan fingerprint density at radius 1 is 1.18 bits per heavy atom. The van der Waals surface area contributed by atoms with E-state index in [-0.39, 0.29) is 0 Å². The van der Waals surface area contributed by atoms with Gasteiger partial charge in [-0.15, -0.1) is 0 Å². The zero-order chi connectivity index (χ0) is 12.4. The lowest BCUT2D eigenvalue weighted by atomic mass is 10.1. The predicted molar refractivity (Wildman–Crippen MR) is 77.1 cm³/mol. The van der Waals surface area contributed by atoms with E-state index in [1.54, 1.807) is 6.07 Å². The fourth-order valence-corrected chi connectivity index (χ4v) is 2.44. The van der Waals surface area contributed by atoms with Gasteiger partial charge in [0.15, 0.2) is 0 Å². The third-order valence-electron chi connectivity index (χ3n) is 2.57. The lowest BCUT2D eigenvalue weighted by molar-refractivity contribution is 1.15. The molecule has 88 valence electrons. The number of hydrogen-bond donors (Lipinski definition) is 1. The first-order chi connectivity index (χ1) is 8.11. The molecule has 17 heavy (non-hydrogen) atoms. The second-order valence-corrected chi connectivity index (χ2v) is 4.88. The first kappa shape index (κ1) is 12.7. The van der Waals surface area contributed by atoms with Crippen LogP contribution in [0.1, 0.15) is 11.3 Å². The average molecular weight is 284 g/mol. The Balaban J connectivity index is 2.50. The van der Waals surface area contributed by atoms with Crippen molar-refractivity contribution in [2.75, 3.05) is 0 Å². The van der Waals surface area contributed by atoms with E-state index in [1.807, 2.05) is 31.2 Å². The number of benzene rings is 1. The van der Waals surface area contributed by atoms with Gasteiger partial charge in [0.05, 0.1) is 10.7 Å². The molecule has 0 bridgehead atoms. The van der Waals surface area contributed by atoms with Gasteiger partial charge in [0, 0.05) is 22.0 Å². The van der Waals surface area contributed by atoms with Gasteiger partial charge in [0.1, 0.15) is 0 Å². The molecule has 0 aliphatic heterocycles. The van der Waals surface area contributed by atoms with Crippen LogP contribution in [-0.2, 0) is 5.75 Å². The third kappa shape index (κ3) is 2.76. The van der Waals surface area contributed by atoms with Gasteiger partial charge in [0.25, 0.3) is 0 Å². The molecule has 2 aromatic rings. The highest BCUT2D eigenvalue weighted by molar-refractivity contribution is 7.79. The van der Waals surface area contributed by atoms with Gasteiger partial charge in [-0.2, -0.15) is 12.6 Å². The van der Waals surface area contributed by atoms with E-state index in [4.69, 9.17) is 23.2 Å². The first-order valence-corrected chi connectivity index (χ1v) is 6.53. The Morgan fingerprint density at radius 3 is 2.53 bits per heavy atom. The van der Waals surface area contributed by atoms with Crippen LogP contribution < -0.4 is 0 Å². The molecule has 0 N–H and O–H groups in total. The Kier molecular flexibility index (Phi) is 3.97. The van der Waals surface area contributed by atoms with Crippen molar-refractivity contribution in [1.82, 2.24) is 4.98 Å². The minimum absolute atomic E-state index is 0.614. The van der Waals surface area contributed by atoms with E-state index in [9.17, 15) is 0 Å². The normalized spacial score (nSPS) is 10.6. The zero-order valence-electron chi connectivity index (χ0n) is 9.24. The number of pyridine rings is 1. The number of aromatic nitrogens is 1. The molecule has 0 atom stereocenters. The molecule has 0 amide bonds. The van der Waals surface area contributed by atoms with Crippen LogP contribution in [0.15, 0.2) is 30.3 Å². The summed E-state index contributed by atoms with van der Waals surface area (Å²) in [4.78, 5) is 4.53. The molecule has 0 aliphatic rings. The zero-order valence-corrected chi connectivity index (χ0v) is 11.7. The topological polar surface area (TPSA) is 12.9 Å². The summed E-state index contributed by atoms with van der Waals surface area (Å²) in [6.45, 7) is 1.97. The van der Waals surface area contributed by atoms with Crippen molar-refractivity contribution in [3.63, 3.8) is 0 Å². The standard InChI is InChI=1S/C13H11Cl2NS/c1-8-9(7-17)2-5-13(16-8)11-4-3-10(14)6-12(11)15/h2-6,17H,7H2,1H3. The number of aryl methyl sites for hydroxylation is 1. The van der Waals surface area contributed by atoms with Crippen LogP contribution in [0.3, 0.4) is 0 Å². The van der Waals surface area contributed by atoms with Crippen LogP contribution in [0, 0.1) is 6.92 Å². The van der Waals surface area contributed by atoms with Gasteiger partial charge >= 0.3 is 0 Å². The largest absolute Gasteiger partial charge is 0.253 e. The molecule has 1 aromatic carbocycles. The second kappa shape index (κ2) is 5.30. The van der Waals surface area contributed by atoms with Crippen LogP contribution in [-0.4, -0.2) is 4.98 Å². The van der Waals surface area contributed by atoms with E-state index in [0.717, 1.165) is 22.5 Å². The summed E-state index contributed by atoms with van der Waals surface area (Å²) in [6, 6.07) is 9.39. The van der Waals surface area contributed by atoms with E-state index >= 15 is 0 Å². The summed E-state index contributed by atoms with van der Waals surface area (Å²) in [6.07, 6.45) is 0. The van der Waals surface area contributed by atoms with Crippen molar-refractivity contribution in [2.24, 2.45) is 0 Å². The van der Waals surface area contributed by atoms with Crippen molar-refractivity contribution < 1.29 is 0 Å². The van der Waals surface area contributed by atoms with Gasteiger partial charge in [-0.3, -0.25) is 4.98 Å². The Hall–Kier alpha value is -0.700. The van der Waals surface area contributed by atoms with Gasteiger partial charge in [-0.1, -0.05) is 29.3 Å². The number of nitrogens with zero attached hydrogens (tertiary/aromatic N) is 1. The summed E-state index contributed by atoms with van der Waals surface area (Å²) in [5.41, 5.74) is 3.85. The average Bonchev–Trinajstić information content (AvgIpc) is 2.29. The van der Waals surface area contributed by atoms with Crippen molar-refractivity contribution >= 4 is 35.8 Å². The number of rotatable bonds is 2.